The van der Waals surface area contributed by atoms with Gasteiger partial charge < -0.3 is 19.1 Å². The van der Waals surface area contributed by atoms with Crippen molar-refractivity contribution in [3.05, 3.63) is 233 Å². The third kappa shape index (κ3) is 13.1. The Kier molecular flexibility index (Phi) is 17.7. The van der Waals surface area contributed by atoms with Gasteiger partial charge in [0, 0.05) is 92.6 Å². The molecule has 97 heavy (non-hydrogen) atoms. The van der Waals surface area contributed by atoms with Gasteiger partial charge in [-0.15, -0.1) is 65.0 Å². The van der Waals surface area contributed by atoms with E-state index in [0.717, 1.165) is 50.6 Å². The number of aromatic nitrogens is 2. The Morgan fingerprint density at radius 2 is 0.948 bits per heavy atom. The van der Waals surface area contributed by atoms with Crippen molar-refractivity contribution < 1.29 is 25.8 Å². The van der Waals surface area contributed by atoms with Crippen LogP contribution in [0.2, 0.25) is 0 Å². The van der Waals surface area contributed by atoms with E-state index in [-0.39, 0.29) is 65.4 Å². The Bertz CT molecular complexity index is 4840. The molecule has 0 spiro atoms. The third-order valence-electron chi connectivity index (χ3n) is 19.8. The smallest absolute Gasteiger partial charge is 0.135 e. The van der Waals surface area contributed by atoms with Crippen molar-refractivity contribution in [1.82, 2.24) is 9.55 Å². The molecule has 0 N–H and O–H groups in total. The van der Waals surface area contributed by atoms with Crippen LogP contribution in [0, 0.1) is 18.8 Å². The van der Waals surface area contributed by atoms with Crippen LogP contribution in [0.4, 0.5) is 22.7 Å². The average Bonchev–Trinajstić information content (AvgIpc) is 1.56. The molecular weight excluding hydrogens is 1380 g/mol. The maximum absolute atomic E-state index is 7.41. The molecule has 0 atom stereocenters. The van der Waals surface area contributed by atoms with Crippen LogP contribution >= 0.6 is 11.3 Å². The predicted molar refractivity (Wildman–Crippen MR) is 414 cm³/mol. The van der Waals surface area contributed by atoms with E-state index in [1.54, 1.807) is 0 Å². The maximum atomic E-state index is 7.41. The summed E-state index contributed by atoms with van der Waals surface area (Å²) in [5.41, 5.74) is 22.8. The van der Waals surface area contributed by atoms with Gasteiger partial charge in [0.05, 0.1) is 0 Å². The molecule has 0 unspecified atom stereocenters. The number of hydrogen-bond donors (Lipinski definition) is 0. The normalized spacial score (nSPS) is 13.5. The number of benzene rings is 9. The zero-order chi connectivity index (χ0) is 68.7. The van der Waals surface area contributed by atoms with Gasteiger partial charge in [-0.2, -0.15) is 6.07 Å². The molecule has 1 aliphatic heterocycles. The average molecular weight is 1480 g/mol. The van der Waals surface area contributed by atoms with Gasteiger partial charge in [0.1, 0.15) is 5.82 Å². The summed E-state index contributed by atoms with van der Waals surface area (Å²) >= 11 is 1.85. The van der Waals surface area contributed by atoms with Crippen LogP contribution in [0.25, 0.3) is 81.2 Å². The number of nitrogens with zero attached hydrogens (tertiary/aromatic N) is 4. The van der Waals surface area contributed by atoms with Crippen molar-refractivity contribution in [1.29, 1.82) is 0 Å². The number of anilines is 4. The first-order valence-electron chi connectivity index (χ1n) is 34.7. The summed E-state index contributed by atoms with van der Waals surface area (Å²) in [6.07, 6.45) is 1.95. The quantitative estimate of drug-likeness (QED) is 0.128. The van der Waals surface area contributed by atoms with Crippen LogP contribution in [0.15, 0.2) is 170 Å². The molecule has 12 aromatic rings. The minimum absolute atomic E-state index is 0. The fourth-order valence-electron chi connectivity index (χ4n) is 13.9. The van der Waals surface area contributed by atoms with E-state index in [1.807, 2.05) is 17.5 Å². The van der Waals surface area contributed by atoms with Gasteiger partial charge in [0.2, 0.25) is 0 Å². The van der Waals surface area contributed by atoms with E-state index >= 15 is 0 Å². The van der Waals surface area contributed by atoms with E-state index in [1.165, 1.54) is 97.9 Å². The Hall–Kier alpha value is -7.76. The number of thiophene rings is 1. The Morgan fingerprint density at radius 3 is 1.48 bits per heavy atom. The molecular formula is C90H97N4OPtS-3. The van der Waals surface area contributed by atoms with E-state index in [9.17, 15) is 0 Å². The van der Waals surface area contributed by atoms with Crippen LogP contribution in [0.1, 0.15) is 209 Å². The van der Waals surface area contributed by atoms with Crippen molar-refractivity contribution in [2.45, 2.75) is 197 Å². The Morgan fingerprint density at radius 1 is 0.443 bits per heavy atom. The molecule has 0 saturated carbocycles. The van der Waals surface area contributed by atoms with Gasteiger partial charge in [-0.3, -0.25) is 0 Å². The molecule has 5 nitrogen and oxygen atoms in total. The van der Waals surface area contributed by atoms with Gasteiger partial charge in [-0.25, -0.2) is 4.98 Å². The number of rotatable bonds is 10. The molecule has 0 radical (unpaired) electrons. The predicted octanol–water partition coefficient (Wildman–Crippen LogP) is 26.4. The first-order chi connectivity index (χ1) is 45.0. The van der Waals surface area contributed by atoms with E-state index in [0.29, 0.717) is 11.5 Å². The van der Waals surface area contributed by atoms with Gasteiger partial charge >= 0.3 is 0 Å². The van der Waals surface area contributed by atoms with Crippen LogP contribution in [0.3, 0.4) is 0 Å². The number of fused-ring (bicyclic) bond motifs is 8. The second kappa shape index (κ2) is 24.9. The van der Waals surface area contributed by atoms with Crippen molar-refractivity contribution in [3.8, 4) is 50.7 Å². The Balaban J connectivity index is 0.00000897. The zero-order valence-electron chi connectivity index (χ0n) is 61.3. The van der Waals surface area contributed by atoms with Crippen molar-refractivity contribution in [2.24, 2.45) is 0 Å². The monoisotopic (exact) mass is 1480 g/mol. The van der Waals surface area contributed by atoms with E-state index in [4.69, 9.17) is 9.72 Å². The molecule has 4 heterocycles. The van der Waals surface area contributed by atoms with Crippen LogP contribution < -0.4 is 14.5 Å². The van der Waals surface area contributed by atoms with Gasteiger partial charge in [0.25, 0.3) is 0 Å². The van der Waals surface area contributed by atoms with Gasteiger partial charge in [-0.05, 0) is 159 Å². The Labute approximate surface area is 597 Å². The molecule has 0 saturated heterocycles. The molecule has 502 valence electrons. The molecule has 7 heteroatoms. The van der Waals surface area contributed by atoms with Gasteiger partial charge in [0.15, 0.2) is 0 Å². The molecule has 13 rings (SSSR count). The first-order valence-corrected chi connectivity index (χ1v) is 35.5. The molecule has 0 bridgehead atoms. The summed E-state index contributed by atoms with van der Waals surface area (Å²) in [4.78, 5) is 9.98. The second-order valence-corrected chi connectivity index (χ2v) is 35.0. The minimum Gasteiger partial charge on any atom is -0.509 e. The molecule has 1 aliphatic rings. The summed E-state index contributed by atoms with van der Waals surface area (Å²) in [6.45, 7) is 53.6. The number of para-hydroxylation sites is 2. The zero-order valence-corrected chi connectivity index (χ0v) is 64.4. The molecule has 0 fully saturated rings. The van der Waals surface area contributed by atoms with Crippen molar-refractivity contribution >= 4 is 76.1 Å². The summed E-state index contributed by atoms with van der Waals surface area (Å²) in [5, 5.41) is 4.81. The molecule has 9 aromatic carbocycles. The van der Waals surface area contributed by atoms with Crippen molar-refractivity contribution in [3.63, 3.8) is 0 Å². The van der Waals surface area contributed by atoms with Crippen molar-refractivity contribution in [2.75, 3.05) is 9.80 Å². The van der Waals surface area contributed by atoms with Gasteiger partial charge in [-0.1, -0.05) is 249 Å². The maximum Gasteiger partial charge on any atom is 0.135 e. The SMILES string of the molecule is CC(C)c1cccc(C(C)C)c1-c1cc(Oc2[c-]c3c(cc2)c2c4sc5ccccc5c4ccc2n3-c2cc(C(C)(C)C)ccn2)[c-]c(N2[CH-]N(c3c(-c4cc(C(C)(C)C)cc(C(C)(C)C)c4)cc(C(C)(C)C)cc3-c3cc(C(C)(C)C)cc(C(C)(C)C)c3)c3ccccc32)c1.[Pt]. The minimum atomic E-state index is -0.185. The molecule has 0 amide bonds. The molecule has 3 aromatic heterocycles. The van der Waals surface area contributed by atoms with E-state index < -0.39 is 0 Å². The number of pyridine rings is 1. The van der Waals surface area contributed by atoms with Crippen LogP contribution in [0.5, 0.6) is 11.5 Å². The second-order valence-electron chi connectivity index (χ2n) is 34.0. The summed E-state index contributed by atoms with van der Waals surface area (Å²) < 4.78 is 12.2. The van der Waals surface area contributed by atoms with Crippen LogP contribution in [-0.4, -0.2) is 9.55 Å². The molecule has 0 aliphatic carbocycles. The summed E-state index contributed by atoms with van der Waals surface area (Å²) in [7, 11) is 0. The fourth-order valence-corrected chi connectivity index (χ4v) is 15.2. The van der Waals surface area contributed by atoms with E-state index in [2.05, 4.69) is 349 Å². The number of ether oxygens (including phenoxy) is 1. The largest absolute Gasteiger partial charge is 0.509 e. The summed E-state index contributed by atoms with van der Waals surface area (Å²) in [5.74, 6) is 2.53. The standard InChI is InChI=1S/C90H97N4OS.Pt/c1-54(2)68-29-27-30-69(55(3)4)81(68)58-44-65(51-67(45-58)95-66-34-35-72-78(52-66)94(80-50-59(38-39-91-80)85(5,6)7)77-37-36-71-70-28-23-26-33-79(70)96-84(71)82(72)77)92-53-93(76-32-25-24-31-75(76)92)83-73(56-40-60(86(8,9)10)46-61(41-56)87(11,12)13)48-64(90(20,21)22)49-74(83)57-42-62(88(14,15)16)47-63(43-57)89(17,18)19;/h23-50,53-55H,1-22H3;/q-3;. The first kappa shape index (κ1) is 69.2. The topological polar surface area (TPSA) is 33.5 Å². The summed E-state index contributed by atoms with van der Waals surface area (Å²) in [6, 6.07) is 70.1. The number of hydrogen-bond acceptors (Lipinski definition) is 5. The fraction of sp³-hybridized carbons (Fsp3) is 0.333. The van der Waals surface area contributed by atoms with Crippen LogP contribution in [-0.2, 0) is 53.6 Å². The third-order valence-corrected chi connectivity index (χ3v) is 21.0.